The van der Waals surface area contributed by atoms with E-state index in [-0.39, 0.29) is 34.6 Å². The van der Waals surface area contributed by atoms with Crippen LogP contribution in [0.1, 0.15) is 30.0 Å². The first-order valence-corrected chi connectivity index (χ1v) is 16.0. The molecule has 2 saturated heterocycles. The number of imide groups is 2. The number of alkyl halides is 6. The maximum atomic E-state index is 14.2. The number of halogens is 7. The van der Waals surface area contributed by atoms with Crippen molar-refractivity contribution in [3.05, 3.63) is 58.3 Å². The summed E-state index contributed by atoms with van der Waals surface area (Å²) in [5.74, 6) is -7.98. The summed E-state index contributed by atoms with van der Waals surface area (Å²) in [6.45, 7) is 0. The lowest BCUT2D eigenvalue weighted by molar-refractivity contribution is -0.142. The summed E-state index contributed by atoms with van der Waals surface area (Å²) in [6.07, 6.45) is -3.52. The predicted octanol–water partition coefficient (Wildman–Crippen LogP) is 5.23. The number of carbonyl (C=O) groups is 4. The van der Waals surface area contributed by atoms with Crippen LogP contribution in [-0.2, 0) is 25.4 Å². The van der Waals surface area contributed by atoms with Gasteiger partial charge in [-0.3, -0.25) is 29.1 Å². The van der Waals surface area contributed by atoms with Gasteiger partial charge >= 0.3 is 6.18 Å². The fraction of sp³-hybridized carbons (Fsp3) is 0.414. The molecule has 3 fully saturated rings. The maximum Gasteiger partial charge on any atom is 0.433 e. The average Bonchev–Trinajstić information content (AvgIpc) is 3.34. The van der Waals surface area contributed by atoms with Gasteiger partial charge in [0.15, 0.2) is 15.6 Å². The van der Waals surface area contributed by atoms with Gasteiger partial charge in [-0.25, -0.2) is 4.98 Å². The number of carbonyl (C=O) groups excluding carboxylic acids is 4. The fourth-order valence-corrected chi connectivity index (χ4v) is 8.83. The van der Waals surface area contributed by atoms with E-state index in [0.717, 1.165) is 16.0 Å². The van der Waals surface area contributed by atoms with Crippen molar-refractivity contribution in [2.75, 3.05) is 24.6 Å². The number of rotatable bonds is 5. The molecule has 6 unspecified atom stereocenters. The Labute approximate surface area is 283 Å². The number of methoxy groups -OCH3 is 1. The average molecular weight is 767 g/mol. The van der Waals surface area contributed by atoms with E-state index in [4.69, 9.17) is 39.5 Å². The zero-order valence-corrected chi connectivity index (χ0v) is 27.7. The molecule has 0 radical (unpaired) electrons. The Balaban J connectivity index is 1.47. The van der Waals surface area contributed by atoms with Crippen LogP contribution in [-0.4, -0.2) is 73.0 Å². The first-order valence-electron chi connectivity index (χ1n) is 13.7. The third-order valence-electron chi connectivity index (χ3n) is 9.26. The van der Waals surface area contributed by atoms with E-state index in [1.165, 1.54) is 32.4 Å². The van der Waals surface area contributed by atoms with Crippen LogP contribution >= 0.6 is 50.7 Å². The molecule has 10 nitrogen and oxygen atoms in total. The minimum Gasteiger partial charge on any atom is -0.508 e. The molecule has 0 spiro atoms. The van der Waals surface area contributed by atoms with Gasteiger partial charge in [0.05, 0.1) is 29.4 Å². The minimum atomic E-state index is -4.83. The smallest absolute Gasteiger partial charge is 0.433 e. The summed E-state index contributed by atoms with van der Waals surface area (Å²) in [5, 5.41) is 12.4. The van der Waals surface area contributed by atoms with Gasteiger partial charge < -0.3 is 9.84 Å². The monoisotopic (exact) mass is 764 g/mol. The molecule has 4 aliphatic rings. The number of allylic oxidation sites excluding steroid dienone is 2. The van der Waals surface area contributed by atoms with E-state index < -0.39 is 74.7 Å². The Kier molecular flexibility index (Phi) is 7.85. The maximum absolute atomic E-state index is 14.2. The summed E-state index contributed by atoms with van der Waals surface area (Å²) >= 11 is 23.6. The predicted molar refractivity (Wildman–Crippen MR) is 163 cm³/mol. The molecule has 17 heteroatoms. The number of nitrogens with zero attached hydrogens (tertiary/aromatic N) is 4. The van der Waals surface area contributed by atoms with Crippen LogP contribution in [0.15, 0.2) is 42.0 Å². The zero-order valence-electron chi connectivity index (χ0n) is 23.8. The minimum absolute atomic E-state index is 0.0187. The topological polar surface area (TPSA) is 120 Å². The molecule has 2 aromatic rings. The van der Waals surface area contributed by atoms with Crippen LogP contribution in [0.3, 0.4) is 0 Å². The molecular formula is C29H23BrCl3F3N4O6. The third kappa shape index (κ3) is 4.39. The van der Waals surface area contributed by atoms with Gasteiger partial charge in [-0.15, -0.1) is 23.2 Å². The second kappa shape index (κ2) is 11.0. The Bertz CT molecular complexity index is 1750. The number of benzene rings is 1. The lowest BCUT2D eigenvalue weighted by atomic mass is 9.56. The van der Waals surface area contributed by atoms with E-state index in [2.05, 4.69) is 20.9 Å². The molecule has 1 saturated carbocycles. The zero-order chi connectivity index (χ0) is 33.7. The van der Waals surface area contributed by atoms with Crippen molar-refractivity contribution in [1.29, 1.82) is 0 Å². The largest absolute Gasteiger partial charge is 0.508 e. The number of aromatic nitrogens is 1. The number of fused-ring (bicyclic) bond motifs is 4. The number of anilines is 1. The van der Waals surface area contributed by atoms with Crippen molar-refractivity contribution in [2.45, 2.75) is 34.7 Å². The van der Waals surface area contributed by atoms with Gasteiger partial charge in [-0.1, -0.05) is 45.2 Å². The quantitative estimate of drug-likeness (QED) is 0.190. The number of hydrazine groups is 1. The van der Waals surface area contributed by atoms with Crippen molar-refractivity contribution >= 4 is 80.2 Å². The van der Waals surface area contributed by atoms with Gasteiger partial charge in [0, 0.05) is 24.6 Å². The van der Waals surface area contributed by atoms with E-state index in [1.54, 1.807) is 6.08 Å². The highest BCUT2D eigenvalue weighted by atomic mass is 79.9. The van der Waals surface area contributed by atoms with Gasteiger partial charge in [0.25, 0.3) is 23.6 Å². The number of ether oxygens (including phenoxy) is 1. The Hall–Kier alpha value is -3.07. The third-order valence-corrected chi connectivity index (χ3v) is 11.5. The summed E-state index contributed by atoms with van der Waals surface area (Å²) in [6, 6.07) is 5.94. The van der Waals surface area contributed by atoms with Gasteiger partial charge in [0.1, 0.15) is 17.2 Å². The van der Waals surface area contributed by atoms with Crippen LogP contribution in [0.4, 0.5) is 19.0 Å². The number of phenols is 1. The van der Waals surface area contributed by atoms with Gasteiger partial charge in [-0.05, 0) is 37.0 Å². The molecule has 4 amide bonds. The summed E-state index contributed by atoms with van der Waals surface area (Å²) in [4.78, 5) is 55.8. The molecule has 244 valence electrons. The molecule has 6 atom stereocenters. The van der Waals surface area contributed by atoms with E-state index in [0.29, 0.717) is 22.4 Å². The molecule has 1 N–H and O–H groups in total. The second-order valence-electron chi connectivity index (χ2n) is 11.4. The number of hydrogen-bond acceptors (Lipinski definition) is 8. The highest BCUT2D eigenvalue weighted by Crippen LogP contribution is 2.66. The number of amides is 4. The molecule has 2 aliphatic heterocycles. The summed E-state index contributed by atoms with van der Waals surface area (Å²) < 4.78 is 45.6. The number of aromatic hydroxyl groups is 1. The van der Waals surface area contributed by atoms with Crippen molar-refractivity contribution in [2.24, 2.45) is 17.8 Å². The van der Waals surface area contributed by atoms with Crippen molar-refractivity contribution in [3.63, 3.8) is 0 Å². The van der Waals surface area contributed by atoms with E-state index >= 15 is 0 Å². The molecule has 1 aromatic heterocycles. The van der Waals surface area contributed by atoms with Gasteiger partial charge in [0.2, 0.25) is 0 Å². The van der Waals surface area contributed by atoms with E-state index in [9.17, 15) is 37.5 Å². The number of hydrogen-bond donors (Lipinski definition) is 1. The summed E-state index contributed by atoms with van der Waals surface area (Å²) in [7, 11) is 2.58. The van der Waals surface area contributed by atoms with E-state index in [1.807, 2.05) is 0 Å². The van der Waals surface area contributed by atoms with Crippen LogP contribution < -0.4 is 9.75 Å². The Morgan fingerprint density at radius 3 is 2.41 bits per heavy atom. The standard InChI is InChI=1S/C29H23BrCl3F3N4O6/c1-38(22-17(31)7-8-19(37-22)29(34,35)36)40-23(42)15-6-5-13-16(20(15)24(40)43)10-27(32)25(44)39(11-30)26(45)28(27,33)21(13)14-4-3-12(46-2)9-18(14)41/h3-5,7-9,15-16,20-21,41H,6,10-11H2,1-2H3. The molecule has 0 bridgehead atoms. The Morgan fingerprint density at radius 1 is 1.11 bits per heavy atom. The lowest BCUT2D eigenvalue weighted by Crippen LogP contribution is -2.60. The van der Waals surface area contributed by atoms with Crippen LogP contribution in [0.5, 0.6) is 11.5 Å². The molecule has 2 aliphatic carbocycles. The Morgan fingerprint density at radius 2 is 1.80 bits per heavy atom. The van der Waals surface area contributed by atoms with Crippen molar-refractivity contribution in [1.82, 2.24) is 14.9 Å². The molecule has 3 heterocycles. The number of phenolic OH excluding ortho intramolecular Hbond substituents is 1. The van der Waals surface area contributed by atoms with Crippen LogP contribution in [0.25, 0.3) is 0 Å². The number of pyridine rings is 1. The number of likely N-dealkylation sites (tertiary alicyclic amines) is 1. The highest BCUT2D eigenvalue weighted by molar-refractivity contribution is 9.09. The first kappa shape index (κ1) is 32.9. The second-order valence-corrected chi connectivity index (χ2v) is 13.6. The highest BCUT2D eigenvalue weighted by Gasteiger charge is 2.76. The van der Waals surface area contributed by atoms with Crippen LogP contribution in [0.2, 0.25) is 5.02 Å². The first-order chi connectivity index (χ1) is 21.5. The normalized spacial score (nSPS) is 30.7. The SMILES string of the molecule is COc1ccc(C2C3=CCC4C(=O)N(N(C)c5nc(C(F)(F)F)ccc5Cl)C(=O)C4C3CC3(Cl)C(=O)N(CBr)C(=O)C23Cl)c(O)c1. The fourth-order valence-electron chi connectivity index (χ4n) is 7.18. The molecule has 1 aromatic carbocycles. The van der Waals surface area contributed by atoms with Crippen LogP contribution in [0, 0.1) is 17.8 Å². The lowest BCUT2D eigenvalue weighted by Gasteiger charge is -2.50. The molecular weight excluding hydrogens is 744 g/mol. The summed E-state index contributed by atoms with van der Waals surface area (Å²) in [5.41, 5.74) is -0.965. The molecule has 6 rings (SSSR count). The van der Waals surface area contributed by atoms with Crippen molar-refractivity contribution < 1.29 is 42.2 Å². The van der Waals surface area contributed by atoms with Gasteiger partial charge in [-0.2, -0.15) is 18.2 Å². The van der Waals surface area contributed by atoms with Crippen molar-refractivity contribution in [3.8, 4) is 11.5 Å². The molecule has 46 heavy (non-hydrogen) atoms.